The number of carbonyl (C=O) groups excluding carboxylic acids is 2. The molecular weight excluding hydrogens is 572 g/mol. The lowest BCUT2D eigenvalue weighted by Gasteiger charge is -2.38. The molecule has 1 aliphatic rings. The number of aryl methyl sites for hydroxylation is 1. The summed E-state index contributed by atoms with van der Waals surface area (Å²) in [7, 11) is -0.816. The molecule has 4 rings (SSSR count). The first kappa shape index (κ1) is 31.8. The Balaban J connectivity index is 1.67. The van der Waals surface area contributed by atoms with Crippen molar-refractivity contribution < 1.29 is 32.6 Å². The highest BCUT2D eigenvalue weighted by atomic mass is 32.2. The topological polar surface area (TPSA) is 138 Å². The molecule has 11 nitrogen and oxygen atoms in total. The van der Waals surface area contributed by atoms with Crippen LogP contribution in [0.1, 0.15) is 29.8 Å². The number of sulfonamides is 1. The number of fused-ring (bicyclic) bond motifs is 1. The molecule has 1 heterocycles. The minimum absolute atomic E-state index is 0.0290. The molecule has 0 radical (unpaired) electrons. The van der Waals surface area contributed by atoms with E-state index in [-0.39, 0.29) is 53.4 Å². The fourth-order valence-electron chi connectivity index (χ4n) is 4.76. The SMILES string of the molecule is COc1ccc(NC(=O)Nc2cccc3c2O[C@@H](CN(C)S(=O)(=O)c2ccc(C)cc2)[C@@H](C)CN([C@@H](C)CO)C3=O)cc1. The number of aliphatic hydroxyl groups excluding tert-OH is 1. The number of para-hydroxylation sites is 1. The summed E-state index contributed by atoms with van der Waals surface area (Å²) < 4.78 is 39.7. The van der Waals surface area contributed by atoms with Crippen LogP contribution in [0.25, 0.3) is 0 Å². The zero-order valence-electron chi connectivity index (χ0n) is 24.9. The lowest BCUT2D eigenvalue weighted by atomic mass is 9.99. The summed E-state index contributed by atoms with van der Waals surface area (Å²) in [6, 6.07) is 17.1. The zero-order valence-corrected chi connectivity index (χ0v) is 25.7. The van der Waals surface area contributed by atoms with Gasteiger partial charge >= 0.3 is 6.03 Å². The molecule has 0 saturated carbocycles. The van der Waals surface area contributed by atoms with Crippen LogP contribution in [0.2, 0.25) is 0 Å². The normalized spacial score (nSPS) is 17.7. The van der Waals surface area contributed by atoms with Gasteiger partial charge in [-0.2, -0.15) is 4.31 Å². The van der Waals surface area contributed by atoms with Gasteiger partial charge in [-0.25, -0.2) is 13.2 Å². The van der Waals surface area contributed by atoms with Gasteiger partial charge in [0.15, 0.2) is 5.75 Å². The van der Waals surface area contributed by atoms with E-state index in [0.29, 0.717) is 11.4 Å². The predicted molar refractivity (Wildman–Crippen MR) is 164 cm³/mol. The Labute approximate surface area is 252 Å². The Kier molecular flexibility index (Phi) is 9.95. The number of methoxy groups -OCH3 is 1. The van der Waals surface area contributed by atoms with Crippen molar-refractivity contribution in [1.82, 2.24) is 9.21 Å². The van der Waals surface area contributed by atoms with Crippen LogP contribution in [0.5, 0.6) is 11.5 Å². The van der Waals surface area contributed by atoms with E-state index in [1.807, 2.05) is 13.8 Å². The Morgan fingerprint density at radius 3 is 2.42 bits per heavy atom. The molecule has 0 aliphatic carbocycles. The van der Waals surface area contributed by atoms with Crippen LogP contribution in [0.4, 0.5) is 16.2 Å². The zero-order chi connectivity index (χ0) is 31.3. The minimum atomic E-state index is -3.85. The summed E-state index contributed by atoms with van der Waals surface area (Å²) in [4.78, 5) is 28.4. The van der Waals surface area contributed by atoms with Crippen molar-refractivity contribution >= 4 is 33.3 Å². The number of nitrogens with zero attached hydrogens (tertiary/aromatic N) is 2. The molecule has 3 N–H and O–H groups in total. The molecule has 3 aromatic rings. The molecule has 0 fully saturated rings. The first-order valence-corrected chi connectivity index (χ1v) is 15.3. The van der Waals surface area contributed by atoms with Gasteiger partial charge in [-0.05, 0) is 62.4 Å². The number of aliphatic hydroxyl groups is 1. The molecule has 0 bridgehead atoms. The molecular formula is C31H38N4O7S. The van der Waals surface area contributed by atoms with Crippen LogP contribution in [-0.4, -0.2) is 80.7 Å². The summed E-state index contributed by atoms with van der Waals surface area (Å²) >= 11 is 0. The number of likely N-dealkylation sites (N-methyl/N-ethyl adjacent to an activating group) is 1. The molecule has 3 atom stereocenters. The van der Waals surface area contributed by atoms with E-state index in [1.165, 1.54) is 11.4 Å². The third kappa shape index (κ3) is 7.27. The average Bonchev–Trinajstić information content (AvgIpc) is 2.99. The van der Waals surface area contributed by atoms with E-state index in [9.17, 15) is 23.1 Å². The smallest absolute Gasteiger partial charge is 0.323 e. The van der Waals surface area contributed by atoms with Gasteiger partial charge in [-0.3, -0.25) is 4.79 Å². The Morgan fingerprint density at radius 1 is 1.12 bits per heavy atom. The fraction of sp³-hybridized carbons (Fsp3) is 0.355. The van der Waals surface area contributed by atoms with Gasteiger partial charge in [0.25, 0.3) is 5.91 Å². The third-order valence-electron chi connectivity index (χ3n) is 7.45. The maximum Gasteiger partial charge on any atom is 0.323 e. The highest BCUT2D eigenvalue weighted by molar-refractivity contribution is 7.89. The lowest BCUT2D eigenvalue weighted by molar-refractivity contribution is 0.0389. The van der Waals surface area contributed by atoms with E-state index in [2.05, 4.69) is 10.6 Å². The standard InChI is InChI=1S/C31H38N4O7S/c1-20-9-15-25(16-10-20)43(39,40)34(4)18-28-21(2)17-35(22(3)19-36)30(37)26-7-6-8-27(29(26)42-28)33-31(38)32-23-11-13-24(41-5)14-12-23/h6-16,21-22,28,36H,17-19H2,1-5H3,(H2,32,33,38)/t21-,22-,28-/m0/s1. The number of urea groups is 1. The lowest BCUT2D eigenvalue weighted by Crippen LogP contribution is -2.50. The summed E-state index contributed by atoms with van der Waals surface area (Å²) in [6.07, 6.45) is -0.710. The van der Waals surface area contributed by atoms with Crippen LogP contribution in [0.15, 0.2) is 71.6 Å². The van der Waals surface area contributed by atoms with Gasteiger partial charge in [-0.1, -0.05) is 30.7 Å². The number of amides is 3. The van der Waals surface area contributed by atoms with Crippen molar-refractivity contribution in [2.45, 2.75) is 37.8 Å². The average molecular weight is 611 g/mol. The molecule has 0 aromatic heterocycles. The number of hydrogen-bond donors (Lipinski definition) is 3. The number of rotatable bonds is 9. The van der Waals surface area contributed by atoms with Crippen LogP contribution in [0, 0.1) is 12.8 Å². The first-order chi connectivity index (χ1) is 20.4. The van der Waals surface area contributed by atoms with Crippen molar-refractivity contribution in [3.8, 4) is 11.5 Å². The molecule has 3 aromatic carbocycles. The fourth-order valence-corrected chi connectivity index (χ4v) is 5.94. The van der Waals surface area contributed by atoms with E-state index in [0.717, 1.165) is 5.56 Å². The second kappa shape index (κ2) is 13.4. The number of anilines is 2. The Morgan fingerprint density at radius 2 is 1.79 bits per heavy atom. The van der Waals surface area contributed by atoms with Crippen LogP contribution in [-0.2, 0) is 10.0 Å². The third-order valence-corrected chi connectivity index (χ3v) is 9.29. The molecule has 3 amide bonds. The van der Waals surface area contributed by atoms with E-state index in [4.69, 9.17) is 9.47 Å². The van der Waals surface area contributed by atoms with E-state index in [1.54, 1.807) is 85.7 Å². The monoisotopic (exact) mass is 610 g/mol. The van der Waals surface area contributed by atoms with Crippen molar-refractivity contribution in [2.24, 2.45) is 5.92 Å². The Bertz CT molecular complexity index is 1550. The molecule has 1 aliphatic heterocycles. The van der Waals surface area contributed by atoms with E-state index < -0.39 is 28.2 Å². The number of carbonyl (C=O) groups is 2. The minimum Gasteiger partial charge on any atom is -0.497 e. The van der Waals surface area contributed by atoms with Gasteiger partial charge in [0.05, 0.1) is 42.4 Å². The first-order valence-electron chi connectivity index (χ1n) is 13.9. The number of ether oxygens (including phenoxy) is 2. The quantitative estimate of drug-likeness (QED) is 0.330. The van der Waals surface area contributed by atoms with Crippen LogP contribution < -0.4 is 20.1 Å². The molecule has 12 heteroatoms. The van der Waals surface area contributed by atoms with Crippen molar-refractivity contribution in [3.63, 3.8) is 0 Å². The van der Waals surface area contributed by atoms with Crippen LogP contribution >= 0.6 is 0 Å². The molecule has 0 saturated heterocycles. The Hall–Kier alpha value is -4.13. The second-order valence-electron chi connectivity index (χ2n) is 10.7. The molecule has 230 valence electrons. The van der Waals surface area contributed by atoms with Crippen molar-refractivity contribution in [2.75, 3.05) is 44.5 Å². The van der Waals surface area contributed by atoms with Crippen molar-refractivity contribution in [1.29, 1.82) is 0 Å². The van der Waals surface area contributed by atoms with Crippen LogP contribution in [0.3, 0.4) is 0 Å². The predicted octanol–water partition coefficient (Wildman–Crippen LogP) is 4.19. The summed E-state index contributed by atoms with van der Waals surface area (Å²) in [5, 5.41) is 15.4. The largest absolute Gasteiger partial charge is 0.497 e. The highest BCUT2D eigenvalue weighted by Crippen LogP contribution is 2.35. The maximum absolute atomic E-state index is 13.7. The molecule has 43 heavy (non-hydrogen) atoms. The molecule has 0 unspecified atom stereocenters. The highest BCUT2D eigenvalue weighted by Gasteiger charge is 2.36. The molecule has 0 spiro atoms. The van der Waals surface area contributed by atoms with Gasteiger partial charge in [-0.15, -0.1) is 0 Å². The number of nitrogens with one attached hydrogen (secondary N) is 2. The number of hydrogen-bond acceptors (Lipinski definition) is 7. The summed E-state index contributed by atoms with van der Waals surface area (Å²) in [5.41, 5.74) is 1.88. The maximum atomic E-state index is 13.7. The van der Waals surface area contributed by atoms with Gasteiger partial charge in [0.1, 0.15) is 11.9 Å². The van der Waals surface area contributed by atoms with Gasteiger partial charge < -0.3 is 30.1 Å². The van der Waals surface area contributed by atoms with Gasteiger partial charge in [0, 0.05) is 25.2 Å². The van der Waals surface area contributed by atoms with E-state index >= 15 is 0 Å². The number of benzene rings is 3. The van der Waals surface area contributed by atoms with Gasteiger partial charge in [0.2, 0.25) is 10.0 Å². The summed E-state index contributed by atoms with van der Waals surface area (Å²) in [6.45, 7) is 5.41. The second-order valence-corrected chi connectivity index (χ2v) is 12.8. The summed E-state index contributed by atoms with van der Waals surface area (Å²) in [5.74, 6) is 0.0355. The van der Waals surface area contributed by atoms with Crippen molar-refractivity contribution in [3.05, 3.63) is 77.9 Å².